The van der Waals surface area contributed by atoms with Crippen LogP contribution in [0.4, 0.5) is 5.69 Å². The van der Waals surface area contributed by atoms with Crippen LogP contribution in [0.25, 0.3) is 0 Å². The van der Waals surface area contributed by atoms with Gasteiger partial charge < -0.3 is 11.8 Å². The van der Waals surface area contributed by atoms with Crippen LogP contribution in [0.3, 0.4) is 0 Å². The molecule has 70 valence electrons. The van der Waals surface area contributed by atoms with Gasteiger partial charge in [0, 0.05) is 11.3 Å². The molecule has 1 rings (SSSR count). The molecular weight excluding hydrogens is 193 g/mol. The van der Waals surface area contributed by atoms with Crippen molar-refractivity contribution in [3.05, 3.63) is 29.8 Å². The summed E-state index contributed by atoms with van der Waals surface area (Å²) in [5.41, 5.74) is 1.00. The number of nitrogens with one attached hydrogen (secondary N) is 1. The first kappa shape index (κ1) is 13.2. The number of rotatable bonds is 4. The van der Waals surface area contributed by atoms with Crippen molar-refractivity contribution in [1.29, 1.82) is 0 Å². The van der Waals surface area contributed by atoms with E-state index < -0.39 is 5.97 Å². The van der Waals surface area contributed by atoms with Crippen LogP contribution in [0.2, 0.25) is 0 Å². The summed E-state index contributed by atoms with van der Waals surface area (Å²) in [6.07, 6.45) is 0.685. The molecule has 1 aromatic carbocycles. The van der Waals surface area contributed by atoms with Gasteiger partial charge in [-0.2, -0.15) is 0 Å². The first-order valence-electron chi connectivity index (χ1n) is 3.74. The Labute approximate surface area is 105 Å². The second-order valence-corrected chi connectivity index (χ2v) is 2.45. The minimum Gasteiger partial charge on any atom is -1.00 e. The molecule has 0 fully saturated rings. The number of carboxylic acids is 1. The first-order valence-corrected chi connectivity index (χ1v) is 3.74. The largest absolute Gasteiger partial charge is 1.00 e. The van der Waals surface area contributed by atoms with Crippen LogP contribution in [0.5, 0.6) is 0 Å². The number of carbonyl (C=O) groups is 2. The van der Waals surface area contributed by atoms with Crippen molar-refractivity contribution in [2.24, 2.45) is 0 Å². The van der Waals surface area contributed by atoms with Crippen molar-refractivity contribution in [1.82, 2.24) is 0 Å². The molecule has 1 aromatic rings. The molecule has 0 saturated carbocycles. The zero-order chi connectivity index (χ0) is 9.68. The average Bonchev–Trinajstić information content (AvgIpc) is 2.15. The Hall–Kier alpha value is -0.840. The summed E-state index contributed by atoms with van der Waals surface area (Å²) in [6, 6.07) is 6.73. The summed E-state index contributed by atoms with van der Waals surface area (Å²) in [5.74, 6) is -0.958. The van der Waals surface area contributed by atoms with E-state index in [1.54, 1.807) is 24.3 Å². The number of carbonyl (C=O) groups excluding carboxylic acids is 1. The molecule has 0 spiro atoms. The molecule has 14 heavy (non-hydrogen) atoms. The SMILES string of the molecule is O=Cc1ccccc1NCC(=O)O.[H-].[Na+]. The third kappa shape index (κ3) is 3.91. The first-order chi connectivity index (χ1) is 6.24. The van der Waals surface area contributed by atoms with Crippen molar-refractivity contribution >= 4 is 17.9 Å². The predicted octanol–water partition coefficient (Wildman–Crippen LogP) is -1.89. The number of hydrogen-bond acceptors (Lipinski definition) is 3. The fourth-order valence-corrected chi connectivity index (χ4v) is 0.932. The maximum absolute atomic E-state index is 10.5. The molecule has 0 aliphatic heterocycles. The van der Waals surface area contributed by atoms with Gasteiger partial charge in [-0.05, 0) is 12.1 Å². The maximum Gasteiger partial charge on any atom is 1.00 e. The van der Waals surface area contributed by atoms with E-state index in [4.69, 9.17) is 5.11 Å². The molecule has 4 nitrogen and oxygen atoms in total. The van der Waals surface area contributed by atoms with Gasteiger partial charge in [0.1, 0.15) is 6.54 Å². The number of benzene rings is 1. The van der Waals surface area contributed by atoms with Crippen LogP contribution in [0.1, 0.15) is 11.8 Å². The third-order valence-corrected chi connectivity index (χ3v) is 1.52. The van der Waals surface area contributed by atoms with E-state index in [1.807, 2.05) is 0 Å². The maximum atomic E-state index is 10.5. The normalized spacial score (nSPS) is 8.57. The second-order valence-electron chi connectivity index (χ2n) is 2.45. The van der Waals surface area contributed by atoms with Crippen LogP contribution in [0.15, 0.2) is 24.3 Å². The van der Waals surface area contributed by atoms with Gasteiger partial charge in [-0.25, -0.2) is 0 Å². The zero-order valence-corrected chi connectivity index (χ0v) is 9.86. The van der Waals surface area contributed by atoms with Gasteiger partial charge in [0.05, 0.1) is 0 Å². The summed E-state index contributed by atoms with van der Waals surface area (Å²) in [5, 5.41) is 11.0. The Morgan fingerprint density at radius 2 is 2.14 bits per heavy atom. The molecule has 0 aliphatic rings. The van der Waals surface area contributed by atoms with E-state index in [1.165, 1.54) is 0 Å². The standard InChI is InChI=1S/C9H9NO3.Na.H/c11-6-7-3-1-2-4-8(7)10-5-9(12)13;;/h1-4,6,10H,5H2,(H,12,13);;/q;+1;-1. The Bertz CT molecular complexity index is 333. The summed E-state index contributed by atoms with van der Waals surface area (Å²) in [7, 11) is 0. The number of anilines is 1. The van der Waals surface area contributed by atoms with Gasteiger partial charge in [0.25, 0.3) is 0 Å². The van der Waals surface area contributed by atoms with Crippen molar-refractivity contribution in [2.75, 3.05) is 11.9 Å². The Kier molecular flexibility index (Phi) is 6.19. The van der Waals surface area contributed by atoms with Crippen LogP contribution < -0.4 is 34.9 Å². The summed E-state index contributed by atoms with van der Waals surface area (Å²) < 4.78 is 0. The van der Waals surface area contributed by atoms with Gasteiger partial charge >= 0.3 is 35.5 Å². The van der Waals surface area contributed by atoms with Crippen molar-refractivity contribution in [3.8, 4) is 0 Å². The van der Waals surface area contributed by atoms with Crippen molar-refractivity contribution in [2.45, 2.75) is 0 Å². The molecule has 0 heterocycles. The third-order valence-electron chi connectivity index (χ3n) is 1.52. The molecule has 0 atom stereocenters. The summed E-state index contributed by atoms with van der Waals surface area (Å²) >= 11 is 0. The monoisotopic (exact) mass is 203 g/mol. The van der Waals surface area contributed by atoms with E-state index >= 15 is 0 Å². The number of aldehydes is 1. The number of carboxylic acid groups (broad SMARTS) is 1. The number of hydrogen-bond donors (Lipinski definition) is 2. The van der Waals surface area contributed by atoms with Crippen molar-refractivity contribution < 1.29 is 45.7 Å². The molecule has 0 unspecified atom stereocenters. The molecule has 0 amide bonds. The fourth-order valence-electron chi connectivity index (χ4n) is 0.932. The number of para-hydroxylation sites is 1. The Balaban J connectivity index is 0. The topological polar surface area (TPSA) is 66.4 Å². The van der Waals surface area contributed by atoms with Crippen molar-refractivity contribution in [3.63, 3.8) is 0 Å². The van der Waals surface area contributed by atoms with Gasteiger partial charge in [-0.15, -0.1) is 0 Å². The molecule has 0 radical (unpaired) electrons. The van der Waals surface area contributed by atoms with E-state index in [2.05, 4.69) is 5.32 Å². The summed E-state index contributed by atoms with van der Waals surface area (Å²) in [6.45, 7) is -0.190. The van der Waals surface area contributed by atoms with Crippen LogP contribution in [-0.4, -0.2) is 23.9 Å². The molecule has 0 saturated heterocycles. The van der Waals surface area contributed by atoms with Gasteiger partial charge in [-0.3, -0.25) is 9.59 Å². The van der Waals surface area contributed by atoms with E-state index in [0.717, 1.165) is 0 Å². The van der Waals surface area contributed by atoms with E-state index in [9.17, 15) is 9.59 Å². The molecule has 0 bridgehead atoms. The average molecular weight is 203 g/mol. The Morgan fingerprint density at radius 3 is 2.71 bits per heavy atom. The van der Waals surface area contributed by atoms with Gasteiger partial charge in [0.15, 0.2) is 6.29 Å². The van der Waals surface area contributed by atoms with Crippen LogP contribution in [-0.2, 0) is 4.79 Å². The quantitative estimate of drug-likeness (QED) is 0.443. The van der Waals surface area contributed by atoms with E-state index in [-0.39, 0.29) is 37.5 Å². The second kappa shape index (κ2) is 6.59. The molecule has 0 aliphatic carbocycles. The predicted molar refractivity (Wildman–Crippen MR) is 49.1 cm³/mol. The smallest absolute Gasteiger partial charge is 1.00 e. The molecule has 2 N–H and O–H groups in total. The van der Waals surface area contributed by atoms with Crippen LogP contribution in [0, 0.1) is 0 Å². The Morgan fingerprint density at radius 1 is 1.50 bits per heavy atom. The van der Waals surface area contributed by atoms with E-state index in [0.29, 0.717) is 17.5 Å². The van der Waals surface area contributed by atoms with Gasteiger partial charge in [0.2, 0.25) is 0 Å². The molecule has 5 heteroatoms. The van der Waals surface area contributed by atoms with Crippen LogP contribution >= 0.6 is 0 Å². The molecule has 0 aromatic heterocycles. The minimum atomic E-state index is -0.958. The number of aliphatic carboxylic acids is 1. The fraction of sp³-hybridized carbons (Fsp3) is 0.111. The molecular formula is C9H10NNaO3. The van der Waals surface area contributed by atoms with Gasteiger partial charge in [-0.1, -0.05) is 12.1 Å². The zero-order valence-electron chi connectivity index (χ0n) is 8.86. The summed E-state index contributed by atoms with van der Waals surface area (Å²) in [4.78, 5) is 20.7. The minimum absolute atomic E-state index is 0.